The van der Waals surface area contributed by atoms with Gasteiger partial charge in [0.2, 0.25) is 0 Å². The molecule has 6 heteroatoms. The molecule has 0 amide bonds. The van der Waals surface area contributed by atoms with Gasteiger partial charge in [0.05, 0.1) is 12.5 Å². The van der Waals surface area contributed by atoms with Crippen molar-refractivity contribution in [2.45, 2.75) is 32.1 Å². The average molecular weight is 272 g/mol. The number of aliphatic carboxylic acids is 2. The van der Waals surface area contributed by atoms with E-state index in [1.54, 1.807) is 0 Å². The Bertz CT molecular complexity index is 288. The van der Waals surface area contributed by atoms with Crippen molar-refractivity contribution in [2.24, 2.45) is 11.8 Å². The molecule has 19 heavy (non-hydrogen) atoms. The summed E-state index contributed by atoms with van der Waals surface area (Å²) in [6.45, 7) is 2.33. The third-order valence-corrected chi connectivity index (χ3v) is 3.68. The zero-order chi connectivity index (χ0) is 14.1. The maximum Gasteiger partial charge on any atom is 0.317 e. The van der Waals surface area contributed by atoms with E-state index in [1.165, 1.54) is 0 Å². The first kappa shape index (κ1) is 15.9. The Labute approximate surface area is 113 Å². The van der Waals surface area contributed by atoms with Crippen molar-refractivity contribution in [3.8, 4) is 0 Å². The molecule has 0 aliphatic heterocycles. The molecule has 0 aromatic rings. The van der Waals surface area contributed by atoms with Crippen molar-refractivity contribution in [3.05, 3.63) is 0 Å². The molecule has 0 bridgehead atoms. The molecular formula is C13H24N2O4. The van der Waals surface area contributed by atoms with Crippen LogP contribution in [0.1, 0.15) is 32.1 Å². The minimum Gasteiger partial charge on any atom is -0.481 e. The second kappa shape index (κ2) is 8.87. The van der Waals surface area contributed by atoms with Crippen molar-refractivity contribution in [2.75, 3.05) is 26.2 Å². The van der Waals surface area contributed by atoms with E-state index in [0.717, 1.165) is 45.2 Å². The van der Waals surface area contributed by atoms with Crippen LogP contribution < -0.4 is 10.6 Å². The molecule has 0 heterocycles. The molecule has 1 fully saturated rings. The number of carboxylic acid groups (broad SMARTS) is 2. The van der Waals surface area contributed by atoms with Crippen LogP contribution in [0.15, 0.2) is 0 Å². The maximum atomic E-state index is 10.8. The zero-order valence-electron chi connectivity index (χ0n) is 11.2. The highest BCUT2D eigenvalue weighted by molar-refractivity contribution is 5.70. The average Bonchev–Trinajstić information content (AvgIpc) is 2.38. The number of nitrogens with one attached hydrogen (secondary N) is 2. The second-order valence-electron chi connectivity index (χ2n) is 5.17. The number of carbonyl (C=O) groups is 2. The molecule has 1 saturated carbocycles. The van der Waals surface area contributed by atoms with Gasteiger partial charge < -0.3 is 20.8 Å². The molecule has 0 aromatic heterocycles. The van der Waals surface area contributed by atoms with E-state index < -0.39 is 11.9 Å². The van der Waals surface area contributed by atoms with Crippen molar-refractivity contribution >= 4 is 11.9 Å². The SMILES string of the molecule is O=C(O)CNCCNCCC1CCC(C(=O)O)CC1. The second-order valence-corrected chi connectivity index (χ2v) is 5.17. The lowest BCUT2D eigenvalue weighted by Gasteiger charge is -2.26. The highest BCUT2D eigenvalue weighted by atomic mass is 16.4. The molecule has 1 rings (SSSR count). The van der Waals surface area contributed by atoms with Gasteiger partial charge in [-0.15, -0.1) is 0 Å². The topological polar surface area (TPSA) is 98.7 Å². The van der Waals surface area contributed by atoms with Crippen molar-refractivity contribution < 1.29 is 19.8 Å². The Hall–Kier alpha value is -1.14. The predicted molar refractivity (Wildman–Crippen MR) is 71.1 cm³/mol. The molecule has 0 saturated heterocycles. The quantitative estimate of drug-likeness (QED) is 0.457. The summed E-state index contributed by atoms with van der Waals surface area (Å²) < 4.78 is 0. The Morgan fingerprint density at radius 3 is 2.16 bits per heavy atom. The fourth-order valence-electron chi connectivity index (χ4n) is 2.50. The van der Waals surface area contributed by atoms with Crippen LogP contribution in [0.3, 0.4) is 0 Å². The maximum absolute atomic E-state index is 10.8. The zero-order valence-corrected chi connectivity index (χ0v) is 11.2. The first-order valence-corrected chi connectivity index (χ1v) is 6.95. The third-order valence-electron chi connectivity index (χ3n) is 3.68. The van der Waals surface area contributed by atoms with Crippen LogP contribution in [0, 0.1) is 11.8 Å². The summed E-state index contributed by atoms with van der Waals surface area (Å²) in [7, 11) is 0. The molecule has 1 aliphatic rings. The van der Waals surface area contributed by atoms with Gasteiger partial charge in [0.15, 0.2) is 0 Å². The minimum atomic E-state index is -0.838. The molecule has 1 aliphatic carbocycles. The Morgan fingerprint density at radius 1 is 0.947 bits per heavy atom. The first-order valence-electron chi connectivity index (χ1n) is 6.95. The summed E-state index contributed by atoms with van der Waals surface area (Å²) in [4.78, 5) is 21.1. The van der Waals surface area contributed by atoms with E-state index in [0.29, 0.717) is 12.5 Å². The number of hydrogen-bond donors (Lipinski definition) is 4. The van der Waals surface area contributed by atoms with Crippen LogP contribution >= 0.6 is 0 Å². The molecular weight excluding hydrogens is 248 g/mol. The van der Waals surface area contributed by atoms with E-state index in [-0.39, 0.29) is 12.5 Å². The molecule has 0 atom stereocenters. The summed E-state index contributed by atoms with van der Waals surface area (Å²) in [6, 6.07) is 0. The Kier molecular flexibility index (Phi) is 7.43. The van der Waals surface area contributed by atoms with E-state index in [2.05, 4.69) is 10.6 Å². The van der Waals surface area contributed by atoms with Crippen LogP contribution in [0.25, 0.3) is 0 Å². The lowest BCUT2D eigenvalue weighted by Crippen LogP contribution is -2.32. The van der Waals surface area contributed by atoms with Gasteiger partial charge in [-0.3, -0.25) is 9.59 Å². The van der Waals surface area contributed by atoms with Gasteiger partial charge in [0.1, 0.15) is 0 Å². The normalized spacial score (nSPS) is 23.2. The van der Waals surface area contributed by atoms with E-state index >= 15 is 0 Å². The summed E-state index contributed by atoms with van der Waals surface area (Å²) in [5.41, 5.74) is 0. The van der Waals surface area contributed by atoms with Gasteiger partial charge in [0.25, 0.3) is 0 Å². The van der Waals surface area contributed by atoms with Gasteiger partial charge in [0, 0.05) is 13.1 Å². The monoisotopic (exact) mass is 272 g/mol. The highest BCUT2D eigenvalue weighted by Gasteiger charge is 2.25. The summed E-state index contributed by atoms with van der Waals surface area (Å²) >= 11 is 0. The minimum absolute atomic E-state index is 0.000875. The van der Waals surface area contributed by atoms with Crippen molar-refractivity contribution in [1.29, 1.82) is 0 Å². The molecule has 0 unspecified atom stereocenters. The molecule has 0 aromatic carbocycles. The van der Waals surface area contributed by atoms with Crippen LogP contribution in [0.4, 0.5) is 0 Å². The van der Waals surface area contributed by atoms with Crippen molar-refractivity contribution in [3.63, 3.8) is 0 Å². The Balaban J connectivity index is 1.93. The predicted octanol–water partition coefficient (Wildman–Crippen LogP) is 0.531. The van der Waals surface area contributed by atoms with E-state index in [9.17, 15) is 9.59 Å². The number of hydrogen-bond acceptors (Lipinski definition) is 4. The van der Waals surface area contributed by atoms with E-state index in [4.69, 9.17) is 10.2 Å². The number of rotatable bonds is 9. The molecule has 4 N–H and O–H groups in total. The van der Waals surface area contributed by atoms with Gasteiger partial charge in [-0.05, 0) is 44.6 Å². The standard InChI is InChI=1S/C13H24N2O4/c16-12(17)9-15-8-7-14-6-5-10-1-3-11(4-2-10)13(18)19/h10-11,14-15H,1-9H2,(H,16,17)(H,18,19). The van der Waals surface area contributed by atoms with Gasteiger partial charge in [-0.2, -0.15) is 0 Å². The highest BCUT2D eigenvalue weighted by Crippen LogP contribution is 2.30. The fraction of sp³-hybridized carbons (Fsp3) is 0.846. The molecule has 0 radical (unpaired) electrons. The van der Waals surface area contributed by atoms with Crippen LogP contribution in [-0.4, -0.2) is 48.3 Å². The lowest BCUT2D eigenvalue weighted by molar-refractivity contribution is -0.143. The van der Waals surface area contributed by atoms with Gasteiger partial charge in [-0.25, -0.2) is 0 Å². The first-order chi connectivity index (χ1) is 9.09. The van der Waals surface area contributed by atoms with Crippen LogP contribution in [-0.2, 0) is 9.59 Å². The molecule has 6 nitrogen and oxygen atoms in total. The number of carboxylic acids is 2. The lowest BCUT2D eigenvalue weighted by atomic mass is 9.80. The summed E-state index contributed by atoms with van der Waals surface area (Å²) in [6.07, 6.45) is 4.71. The van der Waals surface area contributed by atoms with Gasteiger partial charge >= 0.3 is 11.9 Å². The smallest absolute Gasteiger partial charge is 0.317 e. The van der Waals surface area contributed by atoms with Crippen LogP contribution in [0.5, 0.6) is 0 Å². The molecule has 0 spiro atoms. The largest absolute Gasteiger partial charge is 0.481 e. The molecule has 110 valence electrons. The summed E-state index contributed by atoms with van der Waals surface area (Å²) in [5.74, 6) is -0.990. The van der Waals surface area contributed by atoms with Crippen LogP contribution in [0.2, 0.25) is 0 Å². The third kappa shape index (κ3) is 7.12. The Morgan fingerprint density at radius 2 is 1.58 bits per heavy atom. The van der Waals surface area contributed by atoms with E-state index in [1.807, 2.05) is 0 Å². The summed E-state index contributed by atoms with van der Waals surface area (Å²) in [5, 5.41) is 23.4. The fourth-order valence-corrected chi connectivity index (χ4v) is 2.50. The van der Waals surface area contributed by atoms with Crippen molar-refractivity contribution in [1.82, 2.24) is 10.6 Å². The van der Waals surface area contributed by atoms with Gasteiger partial charge in [-0.1, -0.05) is 0 Å².